The van der Waals surface area contributed by atoms with Crippen molar-refractivity contribution < 1.29 is 13.2 Å². The molecule has 0 aliphatic carbocycles. The standard InChI is InChI=1S/C22H26N4O3S/c1-4-9-21-19(15-23-20-13-7-6-10-16(20)5-2)22(27)26(24-21)18-12-8-11-17(14-18)25-30(3,28)29/h6-8,10-15,23,25H,4-5,9H2,1-3H3. The number of anilines is 3. The zero-order valence-electron chi connectivity index (χ0n) is 17.3. The monoisotopic (exact) mass is 426 g/mol. The van der Waals surface area contributed by atoms with Gasteiger partial charge in [-0.25, -0.2) is 8.42 Å². The van der Waals surface area contributed by atoms with E-state index in [0.717, 1.165) is 30.3 Å². The van der Waals surface area contributed by atoms with Crippen LogP contribution < -0.4 is 15.0 Å². The summed E-state index contributed by atoms with van der Waals surface area (Å²) >= 11 is 0. The minimum absolute atomic E-state index is 0.253. The summed E-state index contributed by atoms with van der Waals surface area (Å²) in [4.78, 5) is 13.1. The number of rotatable bonds is 8. The van der Waals surface area contributed by atoms with Crippen LogP contribution in [-0.4, -0.2) is 26.3 Å². The summed E-state index contributed by atoms with van der Waals surface area (Å²) in [6.45, 7) is 4.11. The number of amides is 1. The second-order valence-electron chi connectivity index (χ2n) is 7.05. The average molecular weight is 427 g/mol. The molecule has 0 aromatic heterocycles. The minimum Gasteiger partial charge on any atom is -0.361 e. The van der Waals surface area contributed by atoms with E-state index in [1.807, 2.05) is 31.2 Å². The molecule has 0 radical (unpaired) electrons. The maximum Gasteiger partial charge on any atom is 0.282 e. The number of sulfonamides is 1. The summed E-state index contributed by atoms with van der Waals surface area (Å²) in [5.74, 6) is -0.253. The lowest BCUT2D eigenvalue weighted by Crippen LogP contribution is -2.22. The van der Waals surface area contributed by atoms with Crippen molar-refractivity contribution in [2.45, 2.75) is 33.1 Å². The average Bonchev–Trinajstić information content (AvgIpc) is 3.01. The molecule has 0 unspecified atom stereocenters. The van der Waals surface area contributed by atoms with Crippen molar-refractivity contribution in [3.8, 4) is 0 Å². The van der Waals surface area contributed by atoms with Gasteiger partial charge in [0, 0.05) is 11.9 Å². The van der Waals surface area contributed by atoms with Crippen molar-refractivity contribution in [3.05, 3.63) is 65.9 Å². The number of benzene rings is 2. The molecule has 0 saturated carbocycles. The van der Waals surface area contributed by atoms with Gasteiger partial charge in [0.1, 0.15) is 0 Å². The van der Waals surface area contributed by atoms with Crippen LogP contribution >= 0.6 is 0 Å². The van der Waals surface area contributed by atoms with Crippen LogP contribution in [0.15, 0.2) is 65.4 Å². The Balaban J connectivity index is 1.90. The maximum atomic E-state index is 13.1. The molecular formula is C22H26N4O3S. The summed E-state index contributed by atoms with van der Waals surface area (Å²) in [7, 11) is -3.42. The van der Waals surface area contributed by atoms with Crippen molar-refractivity contribution in [2.75, 3.05) is 21.3 Å². The van der Waals surface area contributed by atoms with Gasteiger partial charge in [0.15, 0.2) is 0 Å². The highest BCUT2D eigenvalue weighted by Crippen LogP contribution is 2.28. The molecule has 2 N–H and O–H groups in total. The molecule has 2 aromatic rings. The summed E-state index contributed by atoms with van der Waals surface area (Å²) in [6, 6.07) is 14.6. The second-order valence-corrected chi connectivity index (χ2v) is 8.80. The largest absolute Gasteiger partial charge is 0.361 e. The Labute approximate surface area is 177 Å². The van der Waals surface area contributed by atoms with E-state index in [-0.39, 0.29) is 5.91 Å². The number of hydrogen-bond acceptors (Lipinski definition) is 5. The molecule has 30 heavy (non-hydrogen) atoms. The zero-order chi connectivity index (χ0) is 21.7. The number of nitrogens with one attached hydrogen (secondary N) is 2. The zero-order valence-corrected chi connectivity index (χ0v) is 18.2. The third kappa shape index (κ3) is 5.07. The van der Waals surface area contributed by atoms with Gasteiger partial charge in [-0.2, -0.15) is 10.1 Å². The Hall–Kier alpha value is -3.13. The Morgan fingerprint density at radius 2 is 1.87 bits per heavy atom. The third-order valence-electron chi connectivity index (χ3n) is 4.61. The molecule has 8 heteroatoms. The van der Waals surface area contributed by atoms with Gasteiger partial charge in [-0.05, 0) is 42.7 Å². The molecule has 2 aromatic carbocycles. The SMILES string of the molecule is CCCC1=NN(c2cccc(NS(C)(=O)=O)c2)C(=O)C1=CNc1ccccc1CC. The summed E-state index contributed by atoms with van der Waals surface area (Å²) in [6.07, 6.45) is 5.18. The number of aryl methyl sites for hydroxylation is 1. The quantitative estimate of drug-likeness (QED) is 0.621. The smallest absolute Gasteiger partial charge is 0.282 e. The molecule has 0 spiro atoms. The number of hydrogen-bond donors (Lipinski definition) is 2. The van der Waals surface area contributed by atoms with E-state index in [4.69, 9.17) is 0 Å². The molecule has 0 fully saturated rings. The van der Waals surface area contributed by atoms with E-state index in [0.29, 0.717) is 29.1 Å². The molecule has 1 heterocycles. The van der Waals surface area contributed by atoms with Crippen molar-refractivity contribution in [3.63, 3.8) is 0 Å². The first-order chi connectivity index (χ1) is 14.3. The lowest BCUT2D eigenvalue weighted by atomic mass is 10.1. The first-order valence-corrected chi connectivity index (χ1v) is 11.8. The summed E-state index contributed by atoms with van der Waals surface area (Å²) in [5, 5.41) is 9.09. The van der Waals surface area contributed by atoms with Crippen molar-refractivity contribution >= 4 is 38.7 Å². The first kappa shape index (κ1) is 21.6. The molecule has 0 bridgehead atoms. The molecular weight excluding hydrogens is 400 g/mol. The third-order valence-corrected chi connectivity index (χ3v) is 5.21. The van der Waals surface area contributed by atoms with Crippen LogP contribution in [0.3, 0.4) is 0 Å². The van der Waals surface area contributed by atoms with Gasteiger partial charge in [0.25, 0.3) is 5.91 Å². The molecule has 7 nitrogen and oxygen atoms in total. The number of nitrogens with zero attached hydrogens (tertiary/aromatic N) is 2. The van der Waals surface area contributed by atoms with E-state index in [1.165, 1.54) is 5.01 Å². The highest BCUT2D eigenvalue weighted by Gasteiger charge is 2.30. The van der Waals surface area contributed by atoms with Crippen molar-refractivity contribution in [1.29, 1.82) is 0 Å². The molecule has 1 aliphatic rings. The lowest BCUT2D eigenvalue weighted by molar-refractivity contribution is -0.114. The Morgan fingerprint density at radius 1 is 1.10 bits per heavy atom. The molecule has 158 valence electrons. The summed E-state index contributed by atoms with van der Waals surface area (Å²) in [5.41, 5.74) is 4.19. The highest BCUT2D eigenvalue weighted by atomic mass is 32.2. The predicted octanol–water partition coefficient (Wildman–Crippen LogP) is 4.12. The van der Waals surface area contributed by atoms with Gasteiger partial charge >= 0.3 is 0 Å². The summed E-state index contributed by atoms with van der Waals surface area (Å²) < 4.78 is 25.5. The van der Waals surface area contributed by atoms with E-state index in [1.54, 1.807) is 30.5 Å². The van der Waals surface area contributed by atoms with Gasteiger partial charge < -0.3 is 5.32 Å². The highest BCUT2D eigenvalue weighted by molar-refractivity contribution is 7.92. The van der Waals surface area contributed by atoms with Crippen LogP contribution in [0.2, 0.25) is 0 Å². The fourth-order valence-electron chi connectivity index (χ4n) is 3.23. The van der Waals surface area contributed by atoms with E-state index in [9.17, 15) is 13.2 Å². The van der Waals surface area contributed by atoms with Crippen LogP contribution in [0.5, 0.6) is 0 Å². The van der Waals surface area contributed by atoms with Crippen LogP contribution in [0.1, 0.15) is 32.3 Å². The van der Waals surface area contributed by atoms with Gasteiger partial charge in [0.05, 0.1) is 28.9 Å². The molecule has 3 rings (SSSR count). The number of para-hydroxylation sites is 1. The first-order valence-electron chi connectivity index (χ1n) is 9.87. The van der Waals surface area contributed by atoms with Gasteiger partial charge in [-0.3, -0.25) is 9.52 Å². The van der Waals surface area contributed by atoms with Crippen LogP contribution in [0.25, 0.3) is 0 Å². The number of carbonyl (C=O) groups excluding carboxylic acids is 1. The maximum absolute atomic E-state index is 13.1. The molecule has 0 atom stereocenters. The molecule has 1 amide bonds. The van der Waals surface area contributed by atoms with Crippen LogP contribution in [0.4, 0.5) is 17.1 Å². The fraction of sp³-hybridized carbons (Fsp3) is 0.273. The van der Waals surface area contributed by atoms with E-state index in [2.05, 4.69) is 22.1 Å². The minimum atomic E-state index is -3.42. The van der Waals surface area contributed by atoms with Gasteiger partial charge in [-0.1, -0.05) is 44.5 Å². The topological polar surface area (TPSA) is 90.9 Å². The van der Waals surface area contributed by atoms with Crippen LogP contribution in [-0.2, 0) is 21.2 Å². The second kappa shape index (κ2) is 9.13. The van der Waals surface area contributed by atoms with Crippen molar-refractivity contribution in [1.82, 2.24) is 0 Å². The molecule has 1 aliphatic heterocycles. The number of carbonyl (C=O) groups is 1. The normalized spacial score (nSPS) is 15.4. The molecule has 0 saturated heterocycles. The number of hydrazone groups is 1. The Kier molecular flexibility index (Phi) is 6.56. The Bertz CT molecular complexity index is 1110. The van der Waals surface area contributed by atoms with Gasteiger partial charge in [0.2, 0.25) is 10.0 Å². The van der Waals surface area contributed by atoms with E-state index < -0.39 is 10.0 Å². The van der Waals surface area contributed by atoms with Gasteiger partial charge in [-0.15, -0.1) is 0 Å². The predicted molar refractivity (Wildman–Crippen MR) is 122 cm³/mol. The lowest BCUT2D eigenvalue weighted by Gasteiger charge is -2.13. The fourth-order valence-corrected chi connectivity index (χ4v) is 3.79. The van der Waals surface area contributed by atoms with Crippen molar-refractivity contribution in [2.24, 2.45) is 5.10 Å². The Morgan fingerprint density at radius 3 is 2.57 bits per heavy atom. The van der Waals surface area contributed by atoms with E-state index >= 15 is 0 Å². The van der Waals surface area contributed by atoms with Crippen LogP contribution in [0, 0.1) is 0 Å².